The molecule has 1 amide bonds. The summed E-state index contributed by atoms with van der Waals surface area (Å²) < 4.78 is 64.6. The second-order valence-corrected chi connectivity index (χ2v) is 10.1. The summed E-state index contributed by atoms with van der Waals surface area (Å²) in [5, 5.41) is -0.304. The van der Waals surface area contributed by atoms with Crippen molar-refractivity contribution in [1.29, 1.82) is 0 Å². The standard InChI is InChI=1S/C17H19F3N2O3S2/c1-3-10(2)15(23)21-16-22(13-8-27(24,25)9-14(13)26-16)12-7-5-4-6-11(12)17(18,19)20/h4-7,10,13-14H,3,8-9H2,1-2H3. The van der Waals surface area contributed by atoms with E-state index in [1.807, 2.05) is 6.92 Å². The molecule has 148 valence electrons. The van der Waals surface area contributed by atoms with Gasteiger partial charge in [-0.15, -0.1) is 0 Å². The van der Waals surface area contributed by atoms with Gasteiger partial charge < -0.3 is 4.90 Å². The minimum atomic E-state index is -4.61. The number of amidine groups is 1. The molecule has 2 heterocycles. The molecule has 0 spiro atoms. The van der Waals surface area contributed by atoms with Crippen LogP contribution in [0.25, 0.3) is 0 Å². The molecule has 0 aliphatic carbocycles. The molecule has 2 fully saturated rings. The molecule has 27 heavy (non-hydrogen) atoms. The van der Waals surface area contributed by atoms with E-state index in [-0.39, 0.29) is 28.3 Å². The molecule has 2 aliphatic heterocycles. The molecular weight excluding hydrogens is 401 g/mol. The number of carbonyl (C=O) groups is 1. The second kappa shape index (κ2) is 7.12. The lowest BCUT2D eigenvalue weighted by atomic mass is 10.1. The van der Waals surface area contributed by atoms with E-state index < -0.39 is 38.8 Å². The topological polar surface area (TPSA) is 66.8 Å². The molecule has 1 aromatic carbocycles. The fourth-order valence-corrected chi connectivity index (χ4v) is 7.06. The lowest BCUT2D eigenvalue weighted by molar-refractivity contribution is -0.137. The maximum atomic E-state index is 13.5. The van der Waals surface area contributed by atoms with E-state index in [1.54, 1.807) is 6.92 Å². The summed E-state index contributed by atoms with van der Waals surface area (Å²) in [6.45, 7) is 3.52. The molecule has 1 aromatic rings. The van der Waals surface area contributed by atoms with Gasteiger partial charge >= 0.3 is 6.18 Å². The Hall–Kier alpha value is -1.55. The Morgan fingerprint density at radius 1 is 1.33 bits per heavy atom. The Labute approximate surface area is 159 Å². The number of aliphatic imine (C=N–C) groups is 1. The molecule has 3 unspecified atom stereocenters. The highest BCUT2D eigenvalue weighted by Gasteiger charge is 2.51. The Morgan fingerprint density at radius 3 is 2.63 bits per heavy atom. The van der Waals surface area contributed by atoms with Crippen molar-refractivity contribution in [1.82, 2.24) is 0 Å². The highest BCUT2D eigenvalue weighted by molar-refractivity contribution is 8.16. The Kier molecular flexibility index (Phi) is 5.33. The Balaban J connectivity index is 2.10. The number of anilines is 1. The number of benzene rings is 1. The van der Waals surface area contributed by atoms with Crippen molar-refractivity contribution >= 4 is 38.4 Å². The number of carbonyl (C=O) groups excluding carboxylic acids is 1. The number of nitrogens with zero attached hydrogens (tertiary/aromatic N) is 2. The zero-order chi connectivity index (χ0) is 20.0. The summed E-state index contributed by atoms with van der Waals surface area (Å²) in [5.41, 5.74) is -1.04. The third-order valence-electron chi connectivity index (χ3n) is 4.78. The highest BCUT2D eigenvalue weighted by Crippen LogP contribution is 2.45. The summed E-state index contributed by atoms with van der Waals surface area (Å²) >= 11 is 1.07. The molecule has 3 atom stereocenters. The first-order chi connectivity index (χ1) is 12.5. The molecule has 5 nitrogen and oxygen atoms in total. The van der Waals surface area contributed by atoms with Crippen molar-refractivity contribution in [3.8, 4) is 0 Å². The van der Waals surface area contributed by atoms with Gasteiger partial charge in [0.1, 0.15) is 0 Å². The van der Waals surface area contributed by atoms with Crippen molar-refractivity contribution in [3.63, 3.8) is 0 Å². The minimum Gasteiger partial charge on any atom is -0.315 e. The van der Waals surface area contributed by atoms with Crippen LogP contribution >= 0.6 is 11.8 Å². The Morgan fingerprint density at radius 2 is 2.00 bits per heavy atom. The van der Waals surface area contributed by atoms with Crippen molar-refractivity contribution in [2.45, 2.75) is 37.7 Å². The van der Waals surface area contributed by atoms with Crippen LogP contribution in [0.5, 0.6) is 0 Å². The fourth-order valence-electron chi connectivity index (χ4n) is 3.15. The number of para-hydroxylation sites is 1. The van der Waals surface area contributed by atoms with Crippen LogP contribution in [0, 0.1) is 5.92 Å². The molecule has 0 N–H and O–H groups in total. The summed E-state index contributed by atoms with van der Waals surface area (Å²) in [7, 11) is -3.35. The average molecular weight is 420 g/mol. The summed E-state index contributed by atoms with van der Waals surface area (Å²) in [4.78, 5) is 17.6. The largest absolute Gasteiger partial charge is 0.418 e. The number of halogens is 3. The van der Waals surface area contributed by atoms with Gasteiger partial charge in [0, 0.05) is 11.2 Å². The maximum Gasteiger partial charge on any atom is 0.418 e. The van der Waals surface area contributed by atoms with Gasteiger partial charge in [0.25, 0.3) is 5.91 Å². The van der Waals surface area contributed by atoms with Gasteiger partial charge in [-0.2, -0.15) is 18.2 Å². The first-order valence-electron chi connectivity index (χ1n) is 8.48. The number of rotatable bonds is 3. The molecule has 2 aliphatic rings. The smallest absolute Gasteiger partial charge is 0.315 e. The van der Waals surface area contributed by atoms with Crippen LogP contribution < -0.4 is 4.90 Å². The number of hydrogen-bond donors (Lipinski definition) is 0. The minimum absolute atomic E-state index is 0.135. The van der Waals surface area contributed by atoms with Gasteiger partial charge in [-0.1, -0.05) is 37.7 Å². The van der Waals surface area contributed by atoms with Gasteiger partial charge in [-0.3, -0.25) is 4.79 Å². The van der Waals surface area contributed by atoms with E-state index in [1.165, 1.54) is 23.1 Å². The number of amides is 1. The Bertz CT molecular complexity index is 884. The van der Waals surface area contributed by atoms with Crippen LogP contribution in [0.2, 0.25) is 0 Å². The van der Waals surface area contributed by atoms with E-state index in [0.717, 1.165) is 17.8 Å². The molecule has 0 bridgehead atoms. The van der Waals surface area contributed by atoms with Crippen LogP contribution in [-0.2, 0) is 20.8 Å². The summed E-state index contributed by atoms with van der Waals surface area (Å²) in [6, 6.07) is 4.30. The quantitative estimate of drug-likeness (QED) is 0.750. The zero-order valence-corrected chi connectivity index (χ0v) is 16.4. The second-order valence-electron chi connectivity index (χ2n) is 6.73. The van der Waals surface area contributed by atoms with Crippen molar-refractivity contribution in [2.75, 3.05) is 16.4 Å². The summed E-state index contributed by atoms with van der Waals surface area (Å²) in [6.07, 6.45) is -4.05. The molecule has 0 radical (unpaired) electrons. The molecule has 0 aromatic heterocycles. The first-order valence-corrected chi connectivity index (χ1v) is 11.2. The van der Waals surface area contributed by atoms with Crippen molar-refractivity contribution in [2.24, 2.45) is 10.9 Å². The predicted molar refractivity (Wildman–Crippen MR) is 99.6 cm³/mol. The molecular formula is C17H19F3N2O3S2. The molecule has 2 saturated heterocycles. The number of fused-ring (bicyclic) bond motifs is 1. The van der Waals surface area contributed by atoms with Crippen LogP contribution in [0.4, 0.5) is 18.9 Å². The molecule has 10 heteroatoms. The molecule has 0 saturated carbocycles. The van der Waals surface area contributed by atoms with Crippen LogP contribution in [0.1, 0.15) is 25.8 Å². The van der Waals surface area contributed by atoms with Crippen molar-refractivity contribution in [3.05, 3.63) is 29.8 Å². The van der Waals surface area contributed by atoms with Gasteiger partial charge in [-0.05, 0) is 18.6 Å². The number of thioether (sulfide) groups is 1. The third-order valence-corrected chi connectivity index (χ3v) is 7.99. The maximum absolute atomic E-state index is 13.5. The number of hydrogen-bond acceptors (Lipinski definition) is 4. The monoisotopic (exact) mass is 420 g/mol. The van der Waals surface area contributed by atoms with Crippen molar-refractivity contribution < 1.29 is 26.4 Å². The fraction of sp³-hybridized carbons (Fsp3) is 0.529. The average Bonchev–Trinajstić information content (AvgIpc) is 3.03. The SMILES string of the molecule is CCC(C)C(=O)N=C1SC2CS(=O)(=O)CC2N1c1ccccc1C(F)(F)F. The predicted octanol–water partition coefficient (Wildman–Crippen LogP) is 3.35. The lowest BCUT2D eigenvalue weighted by Crippen LogP contribution is -2.39. The van der Waals surface area contributed by atoms with Gasteiger partial charge in [0.05, 0.1) is 28.8 Å². The van der Waals surface area contributed by atoms with Crippen LogP contribution in [0.3, 0.4) is 0 Å². The number of sulfone groups is 1. The van der Waals surface area contributed by atoms with Gasteiger partial charge in [0.15, 0.2) is 15.0 Å². The van der Waals surface area contributed by atoms with Crippen LogP contribution in [0.15, 0.2) is 29.3 Å². The lowest BCUT2D eigenvalue weighted by Gasteiger charge is -2.27. The van der Waals surface area contributed by atoms with E-state index in [0.29, 0.717) is 6.42 Å². The van der Waals surface area contributed by atoms with E-state index in [4.69, 9.17) is 0 Å². The normalized spacial score (nSPS) is 27.0. The summed E-state index contributed by atoms with van der Waals surface area (Å²) in [5.74, 6) is -1.17. The highest BCUT2D eigenvalue weighted by atomic mass is 32.2. The van der Waals surface area contributed by atoms with E-state index >= 15 is 0 Å². The molecule has 3 rings (SSSR count). The van der Waals surface area contributed by atoms with Gasteiger partial charge in [0.2, 0.25) is 0 Å². The first kappa shape index (κ1) is 20.2. The zero-order valence-electron chi connectivity index (χ0n) is 14.7. The van der Waals surface area contributed by atoms with E-state index in [9.17, 15) is 26.4 Å². The third kappa shape index (κ3) is 4.01. The number of alkyl halides is 3. The van der Waals surface area contributed by atoms with Crippen LogP contribution in [-0.4, -0.2) is 42.3 Å². The van der Waals surface area contributed by atoms with E-state index in [2.05, 4.69) is 4.99 Å². The van der Waals surface area contributed by atoms with Gasteiger partial charge in [-0.25, -0.2) is 8.42 Å².